The van der Waals surface area contributed by atoms with E-state index >= 15 is 0 Å². The Morgan fingerprint density at radius 2 is 1.74 bits per heavy atom. The van der Waals surface area contributed by atoms with Crippen LogP contribution in [0.15, 0.2) is 47.9 Å². The number of sulfonamides is 1. The predicted molar refractivity (Wildman–Crippen MR) is 67.3 cm³/mol. The fourth-order valence-corrected chi connectivity index (χ4v) is 2.52. The molecule has 0 bridgehead atoms. The van der Waals surface area contributed by atoms with E-state index in [4.69, 9.17) is 0 Å². The van der Waals surface area contributed by atoms with E-state index in [0.717, 1.165) is 17.7 Å². The number of nitrogens with one attached hydrogen (secondary N) is 1. The lowest BCUT2D eigenvalue weighted by molar-refractivity contribution is 0.580. The van der Waals surface area contributed by atoms with E-state index in [1.54, 1.807) is 12.4 Å². The van der Waals surface area contributed by atoms with Gasteiger partial charge in [0.05, 0.1) is 4.90 Å². The second kappa shape index (κ2) is 5.85. The molecule has 0 unspecified atom stereocenters. The van der Waals surface area contributed by atoms with Gasteiger partial charge in [0, 0.05) is 18.9 Å². The highest BCUT2D eigenvalue weighted by Gasteiger charge is 2.12. The fraction of sp³-hybridized carbons (Fsp3) is 0.167. The van der Waals surface area contributed by atoms with Gasteiger partial charge in [-0.3, -0.25) is 0 Å². The van der Waals surface area contributed by atoms with Gasteiger partial charge in [-0.2, -0.15) is 0 Å². The number of nitrogens with zero attached hydrogens (tertiary/aromatic N) is 2. The number of benzene rings is 1. The molecular formula is C12H12FN3O2S. The normalized spacial score (nSPS) is 11.4. The molecule has 1 N–H and O–H groups in total. The maximum absolute atomic E-state index is 12.7. The zero-order valence-corrected chi connectivity index (χ0v) is 10.8. The first-order valence-electron chi connectivity index (χ1n) is 5.57. The van der Waals surface area contributed by atoms with Crippen molar-refractivity contribution < 1.29 is 12.8 Å². The van der Waals surface area contributed by atoms with Crippen molar-refractivity contribution >= 4 is 10.0 Å². The highest BCUT2D eigenvalue weighted by Crippen LogP contribution is 2.09. The van der Waals surface area contributed by atoms with Crippen LogP contribution in [0.25, 0.3) is 0 Å². The van der Waals surface area contributed by atoms with Crippen LogP contribution in [0.3, 0.4) is 0 Å². The molecule has 0 aliphatic carbocycles. The minimum Gasteiger partial charge on any atom is -0.245 e. The Hall–Kier alpha value is -1.86. The minimum atomic E-state index is -3.60. The largest absolute Gasteiger partial charge is 0.245 e. The molecule has 0 aliphatic rings. The zero-order valence-electron chi connectivity index (χ0n) is 9.95. The van der Waals surface area contributed by atoms with E-state index < -0.39 is 15.8 Å². The second-order valence-electron chi connectivity index (χ2n) is 3.85. The van der Waals surface area contributed by atoms with Crippen LogP contribution in [0.2, 0.25) is 0 Å². The van der Waals surface area contributed by atoms with Crippen LogP contribution in [0, 0.1) is 5.82 Å². The molecular weight excluding hydrogens is 269 g/mol. The van der Waals surface area contributed by atoms with Crippen LogP contribution >= 0.6 is 0 Å². The third-order valence-electron chi connectivity index (χ3n) is 2.44. The Morgan fingerprint density at radius 3 is 2.37 bits per heavy atom. The van der Waals surface area contributed by atoms with Gasteiger partial charge in [-0.05, 0) is 36.2 Å². The molecule has 5 nitrogen and oxygen atoms in total. The molecule has 1 heterocycles. The average molecular weight is 281 g/mol. The van der Waals surface area contributed by atoms with Crippen LogP contribution in [-0.4, -0.2) is 24.9 Å². The molecule has 0 fully saturated rings. The zero-order chi connectivity index (χ0) is 13.7. The lowest BCUT2D eigenvalue weighted by atomic mass is 10.2. The van der Waals surface area contributed by atoms with Gasteiger partial charge in [0.1, 0.15) is 12.1 Å². The number of halogens is 1. The van der Waals surface area contributed by atoms with Crippen molar-refractivity contribution in [2.45, 2.75) is 11.3 Å². The summed E-state index contributed by atoms with van der Waals surface area (Å²) in [5, 5.41) is 0. The van der Waals surface area contributed by atoms with E-state index in [-0.39, 0.29) is 11.4 Å². The molecule has 0 aliphatic heterocycles. The molecule has 2 aromatic rings. The molecule has 100 valence electrons. The van der Waals surface area contributed by atoms with Crippen LogP contribution in [0.5, 0.6) is 0 Å². The molecule has 2 rings (SSSR count). The lowest BCUT2D eigenvalue weighted by Gasteiger charge is -2.06. The van der Waals surface area contributed by atoms with Crippen LogP contribution in [0.4, 0.5) is 4.39 Å². The Balaban J connectivity index is 1.97. The van der Waals surface area contributed by atoms with Gasteiger partial charge >= 0.3 is 0 Å². The predicted octanol–water partition coefficient (Wildman–Crippen LogP) is 1.14. The van der Waals surface area contributed by atoms with E-state index in [0.29, 0.717) is 6.42 Å². The van der Waals surface area contributed by atoms with Crippen molar-refractivity contribution in [3.05, 3.63) is 54.4 Å². The van der Waals surface area contributed by atoms with Crippen molar-refractivity contribution in [2.24, 2.45) is 0 Å². The van der Waals surface area contributed by atoms with Crippen molar-refractivity contribution in [2.75, 3.05) is 6.54 Å². The summed E-state index contributed by atoms with van der Waals surface area (Å²) in [4.78, 5) is 7.72. The van der Waals surface area contributed by atoms with E-state index in [2.05, 4.69) is 14.7 Å². The summed E-state index contributed by atoms with van der Waals surface area (Å²) in [6, 6.07) is 4.67. The maximum Gasteiger partial charge on any atom is 0.240 e. The average Bonchev–Trinajstić information content (AvgIpc) is 2.40. The van der Waals surface area contributed by atoms with Gasteiger partial charge in [0.2, 0.25) is 10.0 Å². The summed E-state index contributed by atoms with van der Waals surface area (Å²) in [6.45, 7) is 0.229. The topological polar surface area (TPSA) is 72.0 Å². The van der Waals surface area contributed by atoms with Gasteiger partial charge in [0.15, 0.2) is 0 Å². The summed E-state index contributed by atoms with van der Waals surface area (Å²) in [6.07, 6.45) is 5.14. The molecule has 0 saturated carbocycles. The van der Waals surface area contributed by atoms with Crippen LogP contribution in [0.1, 0.15) is 5.56 Å². The minimum absolute atomic E-state index is 0.0400. The summed E-state index contributed by atoms with van der Waals surface area (Å²) in [5.74, 6) is -0.472. The monoisotopic (exact) mass is 281 g/mol. The lowest BCUT2D eigenvalue weighted by Crippen LogP contribution is -2.26. The van der Waals surface area contributed by atoms with Crippen molar-refractivity contribution in [1.29, 1.82) is 0 Å². The van der Waals surface area contributed by atoms with E-state index in [1.165, 1.54) is 18.5 Å². The highest BCUT2D eigenvalue weighted by molar-refractivity contribution is 7.89. The first-order chi connectivity index (χ1) is 9.08. The SMILES string of the molecule is O=S(=O)(NCCc1cncnc1)c1ccc(F)cc1. The van der Waals surface area contributed by atoms with Gasteiger partial charge in [-0.25, -0.2) is 27.5 Å². The smallest absolute Gasteiger partial charge is 0.240 e. The summed E-state index contributed by atoms with van der Waals surface area (Å²) in [5.41, 5.74) is 0.837. The second-order valence-corrected chi connectivity index (χ2v) is 5.62. The van der Waals surface area contributed by atoms with Crippen molar-refractivity contribution in [3.63, 3.8) is 0 Å². The summed E-state index contributed by atoms with van der Waals surface area (Å²) in [7, 11) is -3.60. The third-order valence-corrected chi connectivity index (χ3v) is 3.92. The molecule has 0 atom stereocenters. The molecule has 0 spiro atoms. The van der Waals surface area contributed by atoms with Crippen LogP contribution < -0.4 is 4.72 Å². The molecule has 19 heavy (non-hydrogen) atoms. The quantitative estimate of drug-likeness (QED) is 0.892. The van der Waals surface area contributed by atoms with Crippen molar-refractivity contribution in [1.82, 2.24) is 14.7 Å². The number of hydrogen-bond acceptors (Lipinski definition) is 4. The summed E-state index contributed by atoms with van der Waals surface area (Å²) < 4.78 is 38.9. The first kappa shape index (κ1) is 13.6. The van der Waals surface area contributed by atoms with Crippen LogP contribution in [-0.2, 0) is 16.4 Å². The van der Waals surface area contributed by atoms with Crippen molar-refractivity contribution in [3.8, 4) is 0 Å². The van der Waals surface area contributed by atoms with E-state index in [9.17, 15) is 12.8 Å². The van der Waals surface area contributed by atoms with E-state index in [1.807, 2.05) is 0 Å². The highest BCUT2D eigenvalue weighted by atomic mass is 32.2. The Labute approximate surface area is 110 Å². The fourth-order valence-electron chi connectivity index (χ4n) is 1.49. The Bertz CT molecular complexity index is 630. The first-order valence-corrected chi connectivity index (χ1v) is 7.05. The maximum atomic E-state index is 12.7. The summed E-state index contributed by atoms with van der Waals surface area (Å²) >= 11 is 0. The Morgan fingerprint density at radius 1 is 1.11 bits per heavy atom. The third kappa shape index (κ3) is 3.80. The molecule has 0 amide bonds. The Kier molecular flexibility index (Phi) is 4.18. The number of hydrogen-bond donors (Lipinski definition) is 1. The standard InChI is InChI=1S/C12H12FN3O2S/c13-11-1-3-12(4-2-11)19(17,18)16-6-5-10-7-14-9-15-8-10/h1-4,7-9,16H,5-6H2. The number of rotatable bonds is 5. The van der Waals surface area contributed by atoms with Gasteiger partial charge in [-0.1, -0.05) is 0 Å². The number of aromatic nitrogens is 2. The van der Waals surface area contributed by atoms with Gasteiger partial charge in [-0.15, -0.1) is 0 Å². The van der Waals surface area contributed by atoms with Gasteiger partial charge in [0.25, 0.3) is 0 Å². The molecule has 0 saturated heterocycles. The molecule has 0 radical (unpaired) electrons. The molecule has 7 heteroatoms. The molecule has 1 aromatic heterocycles. The molecule has 1 aromatic carbocycles. The van der Waals surface area contributed by atoms with Gasteiger partial charge < -0.3 is 0 Å².